The highest BCUT2D eigenvalue weighted by Gasteiger charge is 2.21. The van der Waals surface area contributed by atoms with Crippen LogP contribution in [0, 0.1) is 0 Å². The van der Waals surface area contributed by atoms with E-state index in [9.17, 15) is 9.59 Å². The Morgan fingerprint density at radius 1 is 1.14 bits per heavy atom. The van der Waals surface area contributed by atoms with Crippen molar-refractivity contribution >= 4 is 11.2 Å². The molecule has 0 fully saturated rings. The van der Waals surface area contributed by atoms with E-state index < -0.39 is 0 Å². The van der Waals surface area contributed by atoms with Gasteiger partial charge in [0.15, 0.2) is 11.2 Å². The van der Waals surface area contributed by atoms with Gasteiger partial charge in [-0.2, -0.15) is 0 Å². The second-order valence-electron chi connectivity index (χ2n) is 5.66. The first kappa shape index (κ1) is 16.5. The molecule has 2 N–H and O–H groups in total. The van der Waals surface area contributed by atoms with Crippen LogP contribution in [-0.2, 0) is 20.6 Å². The van der Waals surface area contributed by atoms with Crippen LogP contribution >= 0.6 is 0 Å². The van der Waals surface area contributed by atoms with Crippen molar-refractivity contribution in [2.75, 3.05) is 6.54 Å². The molecule has 0 spiro atoms. The maximum absolute atomic E-state index is 12.7. The molecule has 0 radical (unpaired) electrons. The average Bonchev–Trinajstić information content (AvgIpc) is 2.85. The number of rotatable bonds is 6. The van der Waals surface area contributed by atoms with Crippen molar-refractivity contribution in [3.63, 3.8) is 0 Å². The minimum Gasteiger partial charge on any atom is -0.330 e. The first-order valence-corrected chi connectivity index (χ1v) is 7.84. The summed E-state index contributed by atoms with van der Waals surface area (Å²) in [5.41, 5.74) is 5.83. The number of imidazole rings is 1. The topological polar surface area (TPSA) is 87.8 Å². The summed E-state index contributed by atoms with van der Waals surface area (Å²) in [6, 6.07) is 0. The van der Waals surface area contributed by atoms with E-state index in [0.29, 0.717) is 30.7 Å². The summed E-state index contributed by atoms with van der Waals surface area (Å²) in [6.07, 6.45) is 2.49. The minimum atomic E-state index is -0.333. The molecule has 0 saturated carbocycles. The second kappa shape index (κ2) is 6.48. The van der Waals surface area contributed by atoms with Crippen molar-refractivity contribution in [1.82, 2.24) is 18.7 Å². The van der Waals surface area contributed by atoms with E-state index in [1.807, 2.05) is 11.6 Å². The summed E-state index contributed by atoms with van der Waals surface area (Å²) in [7, 11) is 3.51. The van der Waals surface area contributed by atoms with E-state index in [-0.39, 0.29) is 17.2 Å². The predicted octanol–water partition coefficient (Wildman–Crippen LogP) is 0.686. The Kier molecular flexibility index (Phi) is 4.85. The van der Waals surface area contributed by atoms with Crippen LogP contribution in [0.25, 0.3) is 11.2 Å². The molecule has 0 aliphatic carbocycles. The summed E-state index contributed by atoms with van der Waals surface area (Å²) in [5, 5.41) is 0. The van der Waals surface area contributed by atoms with Gasteiger partial charge in [0.05, 0.1) is 0 Å². The Morgan fingerprint density at radius 2 is 1.77 bits per heavy atom. The van der Waals surface area contributed by atoms with Gasteiger partial charge in [-0.3, -0.25) is 13.9 Å². The van der Waals surface area contributed by atoms with E-state index >= 15 is 0 Å². The molecule has 22 heavy (non-hydrogen) atoms. The normalized spacial score (nSPS) is 11.7. The third kappa shape index (κ3) is 2.49. The zero-order chi connectivity index (χ0) is 16.4. The maximum atomic E-state index is 12.7. The van der Waals surface area contributed by atoms with Gasteiger partial charge >= 0.3 is 5.69 Å². The number of hydrogen-bond donors (Lipinski definition) is 1. The Balaban J connectivity index is 2.78. The number of hydrogen-bond acceptors (Lipinski definition) is 4. The lowest BCUT2D eigenvalue weighted by Gasteiger charge is -2.11. The molecule has 0 saturated heterocycles. The summed E-state index contributed by atoms with van der Waals surface area (Å²) in [4.78, 5) is 29.6. The molecule has 0 aliphatic rings. The van der Waals surface area contributed by atoms with Crippen molar-refractivity contribution in [3.8, 4) is 0 Å². The van der Waals surface area contributed by atoms with Crippen LogP contribution in [0.5, 0.6) is 0 Å². The highest BCUT2D eigenvalue weighted by atomic mass is 16.2. The molecule has 7 nitrogen and oxygen atoms in total. The van der Waals surface area contributed by atoms with Crippen molar-refractivity contribution in [2.24, 2.45) is 19.8 Å². The van der Waals surface area contributed by atoms with Crippen LogP contribution in [0.3, 0.4) is 0 Å². The Morgan fingerprint density at radius 3 is 2.32 bits per heavy atom. The number of nitrogens with two attached hydrogens (primary N) is 1. The first-order valence-electron chi connectivity index (χ1n) is 7.84. The largest absolute Gasteiger partial charge is 0.332 e. The van der Waals surface area contributed by atoms with Gasteiger partial charge in [-0.05, 0) is 25.8 Å². The van der Waals surface area contributed by atoms with Crippen molar-refractivity contribution in [3.05, 3.63) is 26.7 Å². The molecule has 122 valence electrons. The highest BCUT2D eigenvalue weighted by Crippen LogP contribution is 2.23. The number of aromatic nitrogens is 4. The number of fused-ring (bicyclic) bond motifs is 1. The fraction of sp³-hybridized carbons (Fsp3) is 0.667. The van der Waals surface area contributed by atoms with Crippen molar-refractivity contribution in [1.29, 1.82) is 0 Å². The van der Waals surface area contributed by atoms with Gasteiger partial charge in [-0.1, -0.05) is 13.8 Å². The van der Waals surface area contributed by atoms with E-state index in [1.165, 1.54) is 9.13 Å². The molecule has 0 atom stereocenters. The van der Waals surface area contributed by atoms with Crippen LogP contribution in [0.2, 0.25) is 0 Å². The average molecular weight is 307 g/mol. The molecule has 2 aromatic heterocycles. The van der Waals surface area contributed by atoms with Gasteiger partial charge in [0.1, 0.15) is 5.82 Å². The molecular formula is C15H25N5O2. The van der Waals surface area contributed by atoms with E-state index in [0.717, 1.165) is 18.7 Å². The summed E-state index contributed by atoms with van der Waals surface area (Å²) < 4.78 is 4.56. The monoisotopic (exact) mass is 307 g/mol. The van der Waals surface area contributed by atoms with Crippen LogP contribution in [-0.4, -0.2) is 25.2 Å². The van der Waals surface area contributed by atoms with Gasteiger partial charge in [-0.15, -0.1) is 0 Å². The molecule has 0 aliphatic heterocycles. The minimum absolute atomic E-state index is 0.279. The zero-order valence-electron chi connectivity index (χ0n) is 13.8. The lowest BCUT2D eigenvalue weighted by molar-refractivity contribution is 0.574. The molecule has 2 aromatic rings. The van der Waals surface area contributed by atoms with Crippen molar-refractivity contribution < 1.29 is 0 Å². The molecule has 2 rings (SSSR count). The summed E-state index contributed by atoms with van der Waals surface area (Å²) in [6.45, 7) is 4.99. The summed E-state index contributed by atoms with van der Waals surface area (Å²) in [5.74, 6) is 1.15. The van der Waals surface area contributed by atoms with E-state index in [4.69, 9.17) is 5.73 Å². The van der Waals surface area contributed by atoms with E-state index in [2.05, 4.69) is 18.8 Å². The third-order valence-corrected chi connectivity index (χ3v) is 4.33. The fourth-order valence-corrected chi connectivity index (χ4v) is 2.93. The van der Waals surface area contributed by atoms with Gasteiger partial charge in [0.2, 0.25) is 0 Å². The molecule has 7 heteroatoms. The second-order valence-corrected chi connectivity index (χ2v) is 5.66. The molecule has 0 unspecified atom stereocenters. The highest BCUT2D eigenvalue weighted by molar-refractivity contribution is 5.71. The predicted molar refractivity (Wildman–Crippen MR) is 87.2 cm³/mol. The first-order chi connectivity index (χ1) is 10.5. The SMILES string of the molecule is CCC(CC)c1nc2c(c(=O)n(CCCN)c(=O)n2C)n1C. The maximum Gasteiger partial charge on any atom is 0.332 e. The van der Waals surface area contributed by atoms with Gasteiger partial charge in [0, 0.05) is 26.6 Å². The number of aryl methyl sites for hydroxylation is 2. The van der Waals surface area contributed by atoms with Gasteiger partial charge in [0.25, 0.3) is 5.56 Å². The van der Waals surface area contributed by atoms with Crippen LogP contribution in [0.1, 0.15) is 44.9 Å². The van der Waals surface area contributed by atoms with Crippen LogP contribution < -0.4 is 17.0 Å². The Hall–Kier alpha value is -1.89. The third-order valence-electron chi connectivity index (χ3n) is 4.33. The van der Waals surface area contributed by atoms with Gasteiger partial charge < -0.3 is 10.3 Å². The van der Waals surface area contributed by atoms with Crippen molar-refractivity contribution in [2.45, 2.75) is 45.6 Å². The molecular weight excluding hydrogens is 282 g/mol. The molecule has 0 aromatic carbocycles. The Labute approximate surface area is 129 Å². The van der Waals surface area contributed by atoms with Crippen LogP contribution in [0.4, 0.5) is 0 Å². The van der Waals surface area contributed by atoms with E-state index in [1.54, 1.807) is 7.05 Å². The Bertz CT molecular complexity index is 780. The molecule has 0 amide bonds. The lowest BCUT2D eigenvalue weighted by Crippen LogP contribution is -2.40. The quantitative estimate of drug-likeness (QED) is 0.850. The lowest BCUT2D eigenvalue weighted by atomic mass is 10.0. The molecule has 0 bridgehead atoms. The van der Waals surface area contributed by atoms with Gasteiger partial charge in [-0.25, -0.2) is 9.78 Å². The van der Waals surface area contributed by atoms with Crippen LogP contribution in [0.15, 0.2) is 9.59 Å². The zero-order valence-corrected chi connectivity index (χ0v) is 13.8. The standard InChI is InChI=1S/C15H25N5O2/c1-5-10(6-2)12-17-13-11(18(12)3)14(21)20(9-7-8-16)15(22)19(13)4/h10H,5-9,16H2,1-4H3. The summed E-state index contributed by atoms with van der Waals surface area (Å²) >= 11 is 0. The fourth-order valence-electron chi connectivity index (χ4n) is 2.93. The smallest absolute Gasteiger partial charge is 0.330 e. The molecule has 2 heterocycles. The number of nitrogens with zero attached hydrogens (tertiary/aromatic N) is 4.